The molecule has 0 atom stereocenters. The second-order valence-corrected chi connectivity index (χ2v) is 1.40. The maximum Gasteiger partial charge on any atom is 0.0888 e. The van der Waals surface area contributed by atoms with Gasteiger partial charge in [0.05, 0.1) is 17.9 Å². The van der Waals surface area contributed by atoms with E-state index >= 15 is 0 Å². The Morgan fingerprint density at radius 1 is 1.83 bits per heavy atom. The average Bonchev–Trinajstić information content (AvgIpc) is 1.72. The highest BCUT2D eigenvalue weighted by molar-refractivity contribution is 8.10. The predicted octanol–water partition coefficient (Wildman–Crippen LogP) is 0.540. The van der Waals surface area contributed by atoms with Crippen LogP contribution in [0.5, 0.6) is 0 Å². The van der Waals surface area contributed by atoms with Crippen LogP contribution in [0.2, 0.25) is 0 Å². The first-order valence-electron chi connectivity index (χ1n) is 1.49. The lowest BCUT2D eigenvalue weighted by Crippen LogP contribution is -1.93. The third-order valence-corrected chi connectivity index (χ3v) is 0.833. The molecule has 1 N–H and O–H groups in total. The third kappa shape index (κ3) is 0.755. The molecule has 3 heteroatoms. The quantitative estimate of drug-likeness (QED) is 0.448. The molecule has 6 heavy (non-hydrogen) atoms. The Balaban J connectivity index is 2.46. The highest BCUT2D eigenvalue weighted by atomic mass is 32.2. The van der Waals surface area contributed by atoms with Crippen molar-refractivity contribution < 1.29 is 0 Å². The third-order valence-electron chi connectivity index (χ3n) is 0.370. The molecule has 0 unspecified atom stereocenters. The van der Waals surface area contributed by atoms with E-state index in [4.69, 9.17) is 0 Å². The van der Waals surface area contributed by atoms with Crippen molar-refractivity contribution in [3.05, 3.63) is 12.4 Å². The van der Waals surface area contributed by atoms with Gasteiger partial charge in [-0.05, 0) is 11.9 Å². The van der Waals surface area contributed by atoms with E-state index in [0.29, 0.717) is 0 Å². The molecule has 1 aliphatic heterocycles. The molecule has 31 valence electrons. The molecule has 1 radical (unpaired) electrons. The van der Waals surface area contributed by atoms with Crippen LogP contribution in [0.25, 0.3) is 0 Å². The van der Waals surface area contributed by atoms with Crippen molar-refractivity contribution in [2.24, 2.45) is 4.99 Å². The lowest BCUT2D eigenvalue weighted by Gasteiger charge is -1.90. The molecule has 0 saturated carbocycles. The Hall–Kier alpha value is -0.440. The predicted molar refractivity (Wildman–Crippen MR) is 27.0 cm³/mol. The first-order valence-corrected chi connectivity index (χ1v) is 2.37. The fraction of sp³-hybridized carbons (Fsp3) is 0. The standard InChI is InChI=1S/C3H3N2S/c1-2-5-6-3-4-1/h1,3,5H. The van der Waals surface area contributed by atoms with Crippen LogP contribution in [0.3, 0.4) is 0 Å². The van der Waals surface area contributed by atoms with E-state index in [1.165, 1.54) is 11.9 Å². The Kier molecular flexibility index (Phi) is 1.17. The number of hydrogen-bond donors (Lipinski definition) is 1. The molecule has 1 rings (SSSR count). The summed E-state index contributed by atoms with van der Waals surface area (Å²) in [4.78, 5) is 3.72. The van der Waals surface area contributed by atoms with E-state index in [9.17, 15) is 0 Å². The van der Waals surface area contributed by atoms with Gasteiger partial charge in [-0.3, -0.25) is 4.99 Å². The van der Waals surface area contributed by atoms with Crippen LogP contribution >= 0.6 is 11.9 Å². The topological polar surface area (TPSA) is 24.4 Å². The van der Waals surface area contributed by atoms with E-state index in [1.54, 1.807) is 11.7 Å². The summed E-state index contributed by atoms with van der Waals surface area (Å²) in [5.41, 5.74) is 1.70. The lowest BCUT2D eigenvalue weighted by atomic mass is 10.9. The van der Waals surface area contributed by atoms with Gasteiger partial charge in [-0.15, -0.1) is 0 Å². The maximum atomic E-state index is 3.72. The van der Waals surface area contributed by atoms with Gasteiger partial charge in [0.15, 0.2) is 0 Å². The minimum atomic E-state index is 1.41. The van der Waals surface area contributed by atoms with Gasteiger partial charge < -0.3 is 4.72 Å². The fourth-order valence-corrected chi connectivity index (χ4v) is 0.480. The second-order valence-electron chi connectivity index (χ2n) is 0.748. The van der Waals surface area contributed by atoms with E-state index in [-0.39, 0.29) is 0 Å². The van der Waals surface area contributed by atoms with Crippen LogP contribution < -0.4 is 4.72 Å². The summed E-state index contributed by atoms with van der Waals surface area (Å²) in [6.45, 7) is 0. The minimum absolute atomic E-state index is 1.41. The van der Waals surface area contributed by atoms with Crippen LogP contribution in [0, 0.1) is 6.20 Å². The van der Waals surface area contributed by atoms with Crippen molar-refractivity contribution in [2.75, 3.05) is 0 Å². The van der Waals surface area contributed by atoms with Crippen molar-refractivity contribution in [1.82, 2.24) is 4.72 Å². The molecular weight excluding hydrogens is 96.1 g/mol. The monoisotopic (exact) mass is 99.0 g/mol. The molecule has 0 fully saturated rings. The van der Waals surface area contributed by atoms with Crippen LogP contribution in [0.4, 0.5) is 0 Å². The van der Waals surface area contributed by atoms with Crippen molar-refractivity contribution >= 4 is 17.5 Å². The van der Waals surface area contributed by atoms with Crippen LogP contribution in [-0.4, -0.2) is 5.55 Å². The first-order chi connectivity index (χ1) is 3.00. The normalized spacial score (nSPS) is 17.3. The SMILES string of the molecule is [C]1=CN=CSN1. The number of rotatable bonds is 0. The molecule has 1 heterocycles. The fourth-order valence-electron chi connectivity index (χ4n) is 0.185. The second kappa shape index (κ2) is 1.87. The van der Waals surface area contributed by atoms with Gasteiger partial charge in [0.25, 0.3) is 0 Å². The number of aliphatic imine (C=N–C) groups is 1. The summed E-state index contributed by atoms with van der Waals surface area (Å²) in [5, 5.41) is 0. The average molecular weight is 99.1 g/mol. The zero-order chi connectivity index (χ0) is 4.24. The van der Waals surface area contributed by atoms with Crippen LogP contribution in [0.1, 0.15) is 0 Å². The number of hydrogen-bond acceptors (Lipinski definition) is 3. The van der Waals surface area contributed by atoms with Crippen molar-refractivity contribution in [1.29, 1.82) is 0 Å². The summed E-state index contributed by atoms with van der Waals surface area (Å²) >= 11 is 1.41. The zero-order valence-corrected chi connectivity index (χ0v) is 3.83. The minimum Gasteiger partial charge on any atom is -0.322 e. The van der Waals surface area contributed by atoms with E-state index < -0.39 is 0 Å². The Labute approximate surface area is 40.5 Å². The van der Waals surface area contributed by atoms with Gasteiger partial charge in [0.1, 0.15) is 0 Å². The van der Waals surface area contributed by atoms with E-state index in [1.807, 2.05) is 0 Å². The van der Waals surface area contributed by atoms with Crippen LogP contribution in [0.15, 0.2) is 11.2 Å². The van der Waals surface area contributed by atoms with Gasteiger partial charge in [-0.1, -0.05) is 0 Å². The van der Waals surface area contributed by atoms with Crippen LogP contribution in [-0.2, 0) is 0 Å². The van der Waals surface area contributed by atoms with E-state index in [2.05, 4.69) is 15.9 Å². The van der Waals surface area contributed by atoms with Gasteiger partial charge >= 0.3 is 0 Å². The molecule has 0 bridgehead atoms. The Morgan fingerprint density at radius 2 is 2.83 bits per heavy atom. The number of nitrogens with one attached hydrogen (secondary N) is 1. The molecule has 0 saturated heterocycles. The molecule has 2 nitrogen and oxygen atoms in total. The zero-order valence-electron chi connectivity index (χ0n) is 3.01. The smallest absolute Gasteiger partial charge is 0.0888 e. The Morgan fingerprint density at radius 3 is 3.00 bits per heavy atom. The summed E-state index contributed by atoms with van der Waals surface area (Å²) < 4.78 is 2.75. The van der Waals surface area contributed by atoms with E-state index in [0.717, 1.165) is 0 Å². The molecule has 0 spiro atoms. The van der Waals surface area contributed by atoms with Gasteiger partial charge in [0.2, 0.25) is 0 Å². The summed E-state index contributed by atoms with van der Waals surface area (Å²) in [5.74, 6) is 0. The molecule has 0 amide bonds. The molecule has 0 aromatic carbocycles. The van der Waals surface area contributed by atoms with Crippen molar-refractivity contribution in [3.63, 3.8) is 0 Å². The van der Waals surface area contributed by atoms with Gasteiger partial charge in [-0.25, -0.2) is 0 Å². The molecular formula is C3H3N2S. The highest BCUT2D eigenvalue weighted by Crippen LogP contribution is 1.90. The molecule has 0 aromatic rings. The lowest BCUT2D eigenvalue weighted by molar-refractivity contribution is 1.31. The Bertz CT molecular complexity index is 74.8. The summed E-state index contributed by atoms with van der Waals surface area (Å²) in [7, 11) is 0. The molecule has 0 aromatic heterocycles. The van der Waals surface area contributed by atoms with Crippen molar-refractivity contribution in [3.8, 4) is 0 Å². The van der Waals surface area contributed by atoms with Crippen molar-refractivity contribution in [2.45, 2.75) is 0 Å². The summed E-state index contributed by atoms with van der Waals surface area (Å²) in [6.07, 6.45) is 4.25. The number of nitrogens with zero attached hydrogens (tertiary/aromatic N) is 1. The largest absolute Gasteiger partial charge is 0.322 e. The maximum absolute atomic E-state index is 3.72. The van der Waals surface area contributed by atoms with Gasteiger partial charge in [0, 0.05) is 0 Å². The molecule has 0 aliphatic carbocycles. The highest BCUT2D eigenvalue weighted by Gasteiger charge is 1.77. The van der Waals surface area contributed by atoms with Gasteiger partial charge in [-0.2, -0.15) is 0 Å². The molecule has 1 aliphatic rings. The summed E-state index contributed by atoms with van der Waals surface area (Å²) in [6, 6.07) is 0. The first kappa shape index (κ1) is 3.74.